The van der Waals surface area contributed by atoms with Gasteiger partial charge in [-0.25, -0.2) is 4.79 Å². The number of aryl methyl sites for hydroxylation is 2. The first kappa shape index (κ1) is 26.4. The number of ether oxygens (including phenoxy) is 5. The molecule has 8 heteroatoms. The van der Waals surface area contributed by atoms with E-state index >= 15 is 0 Å². The van der Waals surface area contributed by atoms with E-state index in [9.17, 15) is 10.1 Å². The number of hydrogen-bond donors (Lipinski definition) is 1. The summed E-state index contributed by atoms with van der Waals surface area (Å²) in [6.07, 6.45) is 0. The average Bonchev–Trinajstić information content (AvgIpc) is 2.90. The van der Waals surface area contributed by atoms with Crippen LogP contribution in [0.5, 0.6) is 28.7 Å². The summed E-state index contributed by atoms with van der Waals surface area (Å²) in [5.74, 6) is 1.35. The summed E-state index contributed by atoms with van der Waals surface area (Å²) in [7, 11) is 0. The van der Waals surface area contributed by atoms with Crippen LogP contribution in [0.2, 0.25) is 0 Å². The minimum absolute atomic E-state index is 0.0154. The summed E-state index contributed by atoms with van der Waals surface area (Å²) < 4.78 is 28.3. The Morgan fingerprint density at radius 1 is 0.921 bits per heavy atom. The number of carbonyl (C=O) groups excluding carboxylic acids is 1. The molecule has 196 valence electrons. The highest BCUT2D eigenvalue weighted by molar-refractivity contribution is 5.74. The van der Waals surface area contributed by atoms with Crippen LogP contribution in [-0.4, -0.2) is 25.8 Å². The first-order valence-electron chi connectivity index (χ1n) is 12.4. The summed E-state index contributed by atoms with van der Waals surface area (Å²) in [4.78, 5) is 12.4. The van der Waals surface area contributed by atoms with Crippen LogP contribution in [0.1, 0.15) is 42.0 Å². The van der Waals surface area contributed by atoms with Crippen LogP contribution in [0.3, 0.4) is 0 Å². The molecule has 4 rings (SSSR count). The number of nitriles is 1. The number of allylic oxidation sites excluding steroid dienone is 1. The number of esters is 1. The normalized spacial score (nSPS) is 14.1. The molecule has 0 amide bonds. The average molecular weight is 515 g/mol. The van der Waals surface area contributed by atoms with Crippen molar-refractivity contribution >= 4 is 5.97 Å². The van der Waals surface area contributed by atoms with Crippen molar-refractivity contribution < 1.29 is 28.5 Å². The second-order valence-electron chi connectivity index (χ2n) is 8.71. The molecule has 0 radical (unpaired) electrons. The van der Waals surface area contributed by atoms with Gasteiger partial charge >= 0.3 is 5.97 Å². The molecule has 0 saturated heterocycles. The minimum atomic E-state index is -0.565. The lowest BCUT2D eigenvalue weighted by Crippen LogP contribution is -2.22. The summed E-state index contributed by atoms with van der Waals surface area (Å²) >= 11 is 0. The molecule has 1 aliphatic rings. The fraction of sp³-hybridized carbons (Fsp3) is 0.267. The van der Waals surface area contributed by atoms with Crippen molar-refractivity contribution in [1.82, 2.24) is 0 Å². The fourth-order valence-electron chi connectivity index (χ4n) is 4.20. The smallest absolute Gasteiger partial charge is 0.349 e. The lowest BCUT2D eigenvalue weighted by Gasteiger charge is -2.27. The first-order valence-corrected chi connectivity index (χ1v) is 12.4. The van der Waals surface area contributed by atoms with Crippen LogP contribution < -0.4 is 29.4 Å². The minimum Gasteiger partial charge on any atom is -0.490 e. The van der Waals surface area contributed by atoms with Gasteiger partial charge in [-0.3, -0.25) is 0 Å². The van der Waals surface area contributed by atoms with Gasteiger partial charge in [0.05, 0.1) is 19.1 Å². The highest BCUT2D eigenvalue weighted by atomic mass is 16.6. The highest BCUT2D eigenvalue weighted by Crippen LogP contribution is 2.45. The lowest BCUT2D eigenvalue weighted by atomic mass is 9.83. The molecule has 3 aromatic rings. The standard InChI is InChI=1S/C30H30N2O6/c1-5-34-25-12-8-20(14-27(25)35-6-2)29-23-11-10-22(15-26(23)38-30(32)24(29)16-31)37-28(33)17-36-21-9-7-18(3)19(4)13-21/h7-15,29H,5-6,17,32H2,1-4H3. The van der Waals surface area contributed by atoms with Crippen molar-refractivity contribution in [2.75, 3.05) is 19.8 Å². The van der Waals surface area contributed by atoms with Crippen molar-refractivity contribution in [3.63, 3.8) is 0 Å². The van der Waals surface area contributed by atoms with Crippen molar-refractivity contribution in [2.45, 2.75) is 33.6 Å². The quantitative estimate of drug-likeness (QED) is 0.302. The molecule has 0 saturated carbocycles. The number of hydrogen-bond acceptors (Lipinski definition) is 8. The van der Waals surface area contributed by atoms with E-state index in [0.29, 0.717) is 41.8 Å². The van der Waals surface area contributed by atoms with Gasteiger partial charge in [0.1, 0.15) is 28.9 Å². The summed E-state index contributed by atoms with van der Waals surface area (Å²) in [5.41, 5.74) is 10.1. The maximum atomic E-state index is 12.4. The largest absolute Gasteiger partial charge is 0.490 e. The number of fused-ring (bicyclic) bond motifs is 1. The predicted octanol–water partition coefficient (Wildman–Crippen LogP) is 5.30. The van der Waals surface area contributed by atoms with Gasteiger partial charge in [-0.15, -0.1) is 0 Å². The van der Waals surface area contributed by atoms with E-state index in [1.165, 1.54) is 0 Å². The molecule has 0 aromatic heterocycles. The molecule has 1 aliphatic heterocycles. The summed E-state index contributed by atoms with van der Waals surface area (Å²) in [5, 5.41) is 9.88. The van der Waals surface area contributed by atoms with Crippen LogP contribution in [0.4, 0.5) is 0 Å². The van der Waals surface area contributed by atoms with Gasteiger partial charge in [0.2, 0.25) is 5.88 Å². The van der Waals surface area contributed by atoms with Crippen molar-refractivity contribution in [3.05, 3.63) is 88.3 Å². The van der Waals surface area contributed by atoms with E-state index in [1.54, 1.807) is 18.2 Å². The Kier molecular flexibility index (Phi) is 8.07. The third kappa shape index (κ3) is 5.68. The number of carbonyl (C=O) groups is 1. The summed E-state index contributed by atoms with van der Waals surface area (Å²) in [6.45, 7) is 8.47. The van der Waals surface area contributed by atoms with Crippen molar-refractivity contribution in [1.29, 1.82) is 5.26 Å². The highest BCUT2D eigenvalue weighted by Gasteiger charge is 2.32. The van der Waals surface area contributed by atoms with E-state index in [2.05, 4.69) is 6.07 Å². The Morgan fingerprint density at radius 2 is 1.66 bits per heavy atom. The Morgan fingerprint density at radius 3 is 2.37 bits per heavy atom. The third-order valence-corrected chi connectivity index (χ3v) is 6.16. The monoisotopic (exact) mass is 514 g/mol. The number of nitrogens with two attached hydrogens (primary N) is 1. The number of rotatable bonds is 9. The topological polar surface area (TPSA) is 113 Å². The van der Waals surface area contributed by atoms with Gasteiger partial charge in [0.15, 0.2) is 18.1 Å². The molecule has 3 aromatic carbocycles. The second-order valence-corrected chi connectivity index (χ2v) is 8.71. The molecule has 38 heavy (non-hydrogen) atoms. The zero-order valence-corrected chi connectivity index (χ0v) is 21.9. The van der Waals surface area contributed by atoms with E-state index in [0.717, 1.165) is 16.7 Å². The van der Waals surface area contributed by atoms with E-state index in [1.807, 2.05) is 64.1 Å². The van der Waals surface area contributed by atoms with Gasteiger partial charge in [-0.2, -0.15) is 5.26 Å². The van der Waals surface area contributed by atoms with Crippen LogP contribution in [0.15, 0.2) is 66.1 Å². The summed E-state index contributed by atoms with van der Waals surface area (Å²) in [6, 6.07) is 18.3. The molecule has 0 spiro atoms. The lowest BCUT2D eigenvalue weighted by molar-refractivity contribution is -0.136. The van der Waals surface area contributed by atoms with Crippen molar-refractivity contribution in [2.24, 2.45) is 5.73 Å². The zero-order chi connectivity index (χ0) is 27.2. The van der Waals surface area contributed by atoms with E-state index in [-0.39, 0.29) is 23.8 Å². The Bertz CT molecular complexity index is 1420. The molecule has 0 aliphatic carbocycles. The SMILES string of the molecule is CCOc1ccc(C2C(C#N)=C(N)Oc3cc(OC(=O)COc4ccc(C)c(C)c4)ccc32)cc1OCC. The molecular weight excluding hydrogens is 484 g/mol. The van der Waals surface area contributed by atoms with Gasteiger partial charge in [0.25, 0.3) is 0 Å². The Labute approximate surface area is 222 Å². The van der Waals surface area contributed by atoms with E-state index < -0.39 is 11.9 Å². The van der Waals surface area contributed by atoms with Crippen LogP contribution in [0, 0.1) is 25.2 Å². The van der Waals surface area contributed by atoms with Gasteiger partial charge in [-0.1, -0.05) is 18.2 Å². The number of nitrogens with zero attached hydrogens (tertiary/aromatic N) is 1. The maximum Gasteiger partial charge on any atom is 0.349 e. The molecule has 8 nitrogen and oxygen atoms in total. The maximum absolute atomic E-state index is 12.4. The third-order valence-electron chi connectivity index (χ3n) is 6.16. The van der Waals surface area contributed by atoms with Gasteiger partial charge < -0.3 is 29.4 Å². The molecule has 1 heterocycles. The molecule has 2 N–H and O–H groups in total. The van der Waals surface area contributed by atoms with Crippen LogP contribution in [-0.2, 0) is 4.79 Å². The fourth-order valence-corrected chi connectivity index (χ4v) is 4.20. The molecule has 1 unspecified atom stereocenters. The zero-order valence-electron chi connectivity index (χ0n) is 21.9. The second kappa shape index (κ2) is 11.6. The molecule has 0 bridgehead atoms. The Hall–Kier alpha value is -4.64. The predicted molar refractivity (Wildman–Crippen MR) is 142 cm³/mol. The van der Waals surface area contributed by atoms with E-state index in [4.69, 9.17) is 29.4 Å². The molecular formula is C30H30N2O6. The van der Waals surface area contributed by atoms with Crippen LogP contribution in [0.25, 0.3) is 0 Å². The van der Waals surface area contributed by atoms with Crippen molar-refractivity contribution in [3.8, 4) is 34.8 Å². The van der Waals surface area contributed by atoms with Gasteiger partial charge in [-0.05, 0) is 74.7 Å². The number of benzene rings is 3. The van der Waals surface area contributed by atoms with Crippen LogP contribution >= 0.6 is 0 Å². The first-order chi connectivity index (χ1) is 18.3. The Balaban J connectivity index is 1.57. The van der Waals surface area contributed by atoms with Gasteiger partial charge in [0, 0.05) is 11.6 Å². The molecule has 1 atom stereocenters. The molecule has 0 fully saturated rings.